The van der Waals surface area contributed by atoms with Gasteiger partial charge < -0.3 is 19.5 Å². The molecule has 0 bridgehead atoms. The Morgan fingerprint density at radius 3 is 2.29 bits per heavy atom. The van der Waals surface area contributed by atoms with Gasteiger partial charge in [-0.3, -0.25) is 9.59 Å². The van der Waals surface area contributed by atoms with Gasteiger partial charge in [-0.1, -0.05) is 12.1 Å². The van der Waals surface area contributed by atoms with Gasteiger partial charge in [0.25, 0.3) is 0 Å². The lowest BCUT2D eigenvalue weighted by Gasteiger charge is -2.13. The Labute approximate surface area is 163 Å². The topological polar surface area (TPSA) is 98.2 Å². The Hall–Kier alpha value is -3.55. The molecule has 0 aromatic heterocycles. The Morgan fingerprint density at radius 1 is 0.929 bits per heavy atom. The highest BCUT2D eigenvalue weighted by molar-refractivity contribution is 6.39. The molecule has 0 atom stereocenters. The molecule has 0 aliphatic carbocycles. The molecule has 2 rings (SSSR count). The van der Waals surface area contributed by atoms with Crippen LogP contribution in [0.15, 0.2) is 35.4 Å². The van der Waals surface area contributed by atoms with Crippen LogP contribution in [0.25, 0.3) is 0 Å². The monoisotopic (exact) mass is 385 g/mol. The van der Waals surface area contributed by atoms with Crippen molar-refractivity contribution in [3.8, 4) is 17.2 Å². The maximum absolute atomic E-state index is 12.1. The standard InChI is InChI=1S/C20H23N3O5/c1-12-6-7-13(2)15(10-12)22-19(24)20(25)23-21-11-14-8-9-16(26-3)18(28-5)17(14)27-4/h6-11H,1-5H3,(H,22,24)(H,23,25). The van der Waals surface area contributed by atoms with E-state index in [1.54, 1.807) is 18.2 Å². The number of carbonyl (C=O) groups is 2. The Kier molecular flexibility index (Phi) is 6.97. The Bertz CT molecular complexity index is 909. The van der Waals surface area contributed by atoms with Gasteiger partial charge in [-0.2, -0.15) is 5.10 Å². The van der Waals surface area contributed by atoms with Gasteiger partial charge in [-0.25, -0.2) is 5.43 Å². The minimum atomic E-state index is -0.892. The minimum absolute atomic E-state index is 0.389. The first-order valence-corrected chi connectivity index (χ1v) is 8.41. The average Bonchev–Trinajstić information content (AvgIpc) is 2.69. The number of hydrazone groups is 1. The summed E-state index contributed by atoms with van der Waals surface area (Å²) >= 11 is 0. The summed E-state index contributed by atoms with van der Waals surface area (Å²) in [5.74, 6) is -0.428. The maximum atomic E-state index is 12.1. The quantitative estimate of drug-likeness (QED) is 0.452. The zero-order valence-corrected chi connectivity index (χ0v) is 16.5. The number of hydrogen-bond acceptors (Lipinski definition) is 6. The van der Waals surface area contributed by atoms with E-state index >= 15 is 0 Å². The molecule has 8 heteroatoms. The largest absolute Gasteiger partial charge is 0.493 e. The second-order valence-corrected chi connectivity index (χ2v) is 5.90. The first-order chi connectivity index (χ1) is 13.4. The number of methoxy groups -OCH3 is 3. The fraction of sp³-hybridized carbons (Fsp3) is 0.250. The van der Waals surface area contributed by atoms with Crippen LogP contribution in [0.4, 0.5) is 5.69 Å². The summed E-state index contributed by atoms with van der Waals surface area (Å²) in [7, 11) is 4.48. The number of anilines is 1. The highest BCUT2D eigenvalue weighted by atomic mass is 16.5. The van der Waals surface area contributed by atoms with Crippen molar-refractivity contribution in [3.05, 3.63) is 47.0 Å². The molecule has 0 saturated heterocycles. The van der Waals surface area contributed by atoms with E-state index in [0.717, 1.165) is 11.1 Å². The molecule has 2 amide bonds. The molecule has 2 N–H and O–H groups in total. The molecule has 0 aliphatic rings. The van der Waals surface area contributed by atoms with Crippen LogP contribution in [-0.4, -0.2) is 39.4 Å². The molecule has 0 saturated carbocycles. The predicted molar refractivity (Wildman–Crippen MR) is 106 cm³/mol. The lowest BCUT2D eigenvalue weighted by Crippen LogP contribution is -2.32. The molecular weight excluding hydrogens is 362 g/mol. The number of ether oxygens (including phenoxy) is 3. The zero-order chi connectivity index (χ0) is 20.7. The van der Waals surface area contributed by atoms with Crippen LogP contribution in [-0.2, 0) is 9.59 Å². The van der Waals surface area contributed by atoms with E-state index in [4.69, 9.17) is 14.2 Å². The van der Waals surface area contributed by atoms with Gasteiger partial charge >= 0.3 is 11.8 Å². The molecule has 0 aliphatic heterocycles. The number of rotatable bonds is 6. The Morgan fingerprint density at radius 2 is 1.64 bits per heavy atom. The molecular formula is C20H23N3O5. The molecule has 0 unspecified atom stereocenters. The predicted octanol–water partition coefficient (Wildman–Crippen LogP) is 2.42. The second-order valence-electron chi connectivity index (χ2n) is 5.90. The first-order valence-electron chi connectivity index (χ1n) is 8.41. The van der Waals surface area contributed by atoms with Crippen LogP contribution in [0, 0.1) is 13.8 Å². The van der Waals surface area contributed by atoms with Crippen LogP contribution in [0.1, 0.15) is 16.7 Å². The summed E-state index contributed by atoms with van der Waals surface area (Å²) in [5, 5.41) is 6.39. The summed E-state index contributed by atoms with van der Waals surface area (Å²) < 4.78 is 15.8. The van der Waals surface area contributed by atoms with E-state index < -0.39 is 11.8 Å². The number of nitrogens with one attached hydrogen (secondary N) is 2. The normalized spacial score (nSPS) is 10.5. The number of carbonyl (C=O) groups excluding carboxylic acids is 2. The van der Waals surface area contributed by atoms with Crippen LogP contribution in [0.2, 0.25) is 0 Å². The van der Waals surface area contributed by atoms with Gasteiger partial charge in [0.05, 0.1) is 27.5 Å². The van der Waals surface area contributed by atoms with Gasteiger partial charge in [0.2, 0.25) is 5.75 Å². The van der Waals surface area contributed by atoms with E-state index in [1.165, 1.54) is 27.5 Å². The number of benzene rings is 2. The molecule has 2 aromatic carbocycles. The first kappa shape index (κ1) is 20.8. The summed E-state index contributed by atoms with van der Waals surface area (Å²) in [6.07, 6.45) is 1.35. The number of nitrogens with zero attached hydrogens (tertiary/aromatic N) is 1. The summed E-state index contributed by atoms with van der Waals surface area (Å²) in [4.78, 5) is 24.1. The van der Waals surface area contributed by atoms with Gasteiger partial charge in [0.1, 0.15) is 0 Å². The Balaban J connectivity index is 2.09. The van der Waals surface area contributed by atoms with E-state index in [1.807, 2.05) is 26.0 Å². The number of aryl methyl sites for hydroxylation is 2. The van der Waals surface area contributed by atoms with Gasteiger partial charge in [-0.05, 0) is 43.2 Å². The van der Waals surface area contributed by atoms with Crippen molar-refractivity contribution in [2.24, 2.45) is 5.10 Å². The van der Waals surface area contributed by atoms with E-state index in [9.17, 15) is 9.59 Å². The van der Waals surface area contributed by atoms with Crippen LogP contribution >= 0.6 is 0 Å². The van der Waals surface area contributed by atoms with Gasteiger partial charge in [0.15, 0.2) is 11.5 Å². The number of hydrogen-bond donors (Lipinski definition) is 2. The van der Waals surface area contributed by atoms with Gasteiger partial charge in [0, 0.05) is 11.3 Å². The van der Waals surface area contributed by atoms with E-state index in [2.05, 4.69) is 15.8 Å². The lowest BCUT2D eigenvalue weighted by atomic mass is 10.1. The lowest BCUT2D eigenvalue weighted by molar-refractivity contribution is -0.136. The molecule has 0 fully saturated rings. The van der Waals surface area contributed by atoms with Crippen molar-refractivity contribution in [2.45, 2.75) is 13.8 Å². The molecule has 148 valence electrons. The minimum Gasteiger partial charge on any atom is -0.493 e. The fourth-order valence-corrected chi connectivity index (χ4v) is 2.49. The van der Waals surface area contributed by atoms with E-state index in [0.29, 0.717) is 28.5 Å². The van der Waals surface area contributed by atoms with Crippen LogP contribution < -0.4 is 25.0 Å². The number of amides is 2. The smallest absolute Gasteiger partial charge is 0.329 e. The van der Waals surface area contributed by atoms with Crippen LogP contribution in [0.3, 0.4) is 0 Å². The molecule has 8 nitrogen and oxygen atoms in total. The highest BCUT2D eigenvalue weighted by Crippen LogP contribution is 2.38. The van der Waals surface area contributed by atoms with Crippen molar-refractivity contribution in [1.82, 2.24) is 5.43 Å². The summed E-state index contributed by atoms with van der Waals surface area (Å²) in [6, 6.07) is 8.94. The van der Waals surface area contributed by atoms with Crippen molar-refractivity contribution >= 4 is 23.7 Å². The third kappa shape index (κ3) is 4.79. The molecule has 2 aromatic rings. The SMILES string of the molecule is COc1ccc(C=NNC(=O)C(=O)Nc2cc(C)ccc2C)c(OC)c1OC. The van der Waals surface area contributed by atoms with E-state index in [-0.39, 0.29) is 0 Å². The summed E-state index contributed by atoms with van der Waals surface area (Å²) in [5.41, 5.74) is 5.13. The fourth-order valence-electron chi connectivity index (χ4n) is 2.49. The third-order valence-electron chi connectivity index (χ3n) is 3.95. The highest BCUT2D eigenvalue weighted by Gasteiger charge is 2.16. The van der Waals surface area contributed by atoms with Crippen molar-refractivity contribution in [2.75, 3.05) is 26.6 Å². The van der Waals surface area contributed by atoms with Crippen LogP contribution in [0.5, 0.6) is 17.2 Å². The molecule has 0 radical (unpaired) electrons. The van der Waals surface area contributed by atoms with Crippen molar-refractivity contribution in [1.29, 1.82) is 0 Å². The molecule has 0 heterocycles. The van der Waals surface area contributed by atoms with Crippen molar-refractivity contribution < 1.29 is 23.8 Å². The average molecular weight is 385 g/mol. The van der Waals surface area contributed by atoms with Gasteiger partial charge in [-0.15, -0.1) is 0 Å². The molecule has 28 heavy (non-hydrogen) atoms. The van der Waals surface area contributed by atoms with Crippen molar-refractivity contribution in [3.63, 3.8) is 0 Å². The second kappa shape index (κ2) is 9.40. The summed E-state index contributed by atoms with van der Waals surface area (Å²) in [6.45, 7) is 3.74. The molecule has 0 spiro atoms. The third-order valence-corrected chi connectivity index (χ3v) is 3.95. The maximum Gasteiger partial charge on any atom is 0.329 e. The zero-order valence-electron chi connectivity index (χ0n) is 16.5.